The Bertz CT molecular complexity index is 663. The molecule has 0 aliphatic heterocycles. The lowest BCUT2D eigenvalue weighted by Gasteiger charge is -2.08. The number of benzene rings is 2. The number of hydrogen-bond donors (Lipinski definition) is 0. The number of allylic oxidation sites excluding steroid dienone is 1. The normalized spacial score (nSPS) is 10.8. The van der Waals surface area contributed by atoms with Gasteiger partial charge in [0.05, 0.1) is 0 Å². The first kappa shape index (κ1) is 20.1. The average Bonchev–Trinajstić information content (AvgIpc) is 2.54. The van der Waals surface area contributed by atoms with Crippen LogP contribution < -0.4 is 0 Å². The van der Waals surface area contributed by atoms with Crippen LogP contribution in [0.15, 0.2) is 54.6 Å². The van der Waals surface area contributed by atoms with E-state index in [-0.39, 0.29) is 24.0 Å². The molecule has 2 aromatic carbocycles. The van der Waals surface area contributed by atoms with Crippen LogP contribution >= 0.6 is 12.4 Å². The maximum Gasteiger partial charge on any atom is 0.185 e. The second-order valence-corrected chi connectivity index (χ2v) is 5.85. The van der Waals surface area contributed by atoms with Gasteiger partial charge in [-0.1, -0.05) is 42.5 Å². The Balaban J connectivity index is 0.00000288. The fourth-order valence-corrected chi connectivity index (χ4v) is 2.28. The molecule has 0 heterocycles. The van der Waals surface area contributed by atoms with Crippen LogP contribution in [0, 0.1) is 5.82 Å². The van der Waals surface area contributed by atoms with E-state index in [4.69, 9.17) is 0 Å². The first-order chi connectivity index (χ1) is 11.0. The number of halogens is 2. The molecule has 0 saturated heterocycles. The zero-order chi connectivity index (χ0) is 16.7. The number of hydrogen-bond acceptors (Lipinski definition) is 2. The lowest BCUT2D eigenvalue weighted by atomic mass is 10.0. The van der Waals surface area contributed by atoms with E-state index < -0.39 is 0 Å². The van der Waals surface area contributed by atoms with Crippen molar-refractivity contribution in [1.29, 1.82) is 0 Å². The Kier molecular flexibility index (Phi) is 8.37. The first-order valence-electron chi connectivity index (χ1n) is 7.76. The molecule has 2 nitrogen and oxygen atoms in total. The van der Waals surface area contributed by atoms with Crippen molar-refractivity contribution < 1.29 is 9.18 Å². The molecule has 2 aromatic rings. The van der Waals surface area contributed by atoms with Gasteiger partial charge in [-0.05, 0) is 62.8 Å². The molecule has 0 bridgehead atoms. The summed E-state index contributed by atoms with van der Waals surface area (Å²) in [6, 6.07) is 13.8. The van der Waals surface area contributed by atoms with E-state index in [9.17, 15) is 9.18 Å². The zero-order valence-corrected chi connectivity index (χ0v) is 14.9. The van der Waals surface area contributed by atoms with E-state index in [1.165, 1.54) is 23.8 Å². The molecule has 24 heavy (non-hydrogen) atoms. The van der Waals surface area contributed by atoms with E-state index in [1.54, 1.807) is 18.2 Å². The average molecular weight is 348 g/mol. The highest BCUT2D eigenvalue weighted by molar-refractivity contribution is 6.06. The highest BCUT2D eigenvalue weighted by Gasteiger charge is 2.02. The van der Waals surface area contributed by atoms with Crippen LogP contribution in [-0.4, -0.2) is 31.3 Å². The highest BCUT2D eigenvalue weighted by Crippen LogP contribution is 2.10. The first-order valence-corrected chi connectivity index (χ1v) is 7.76. The number of carbonyl (C=O) groups is 1. The fourth-order valence-electron chi connectivity index (χ4n) is 2.28. The second-order valence-electron chi connectivity index (χ2n) is 5.85. The van der Waals surface area contributed by atoms with Crippen LogP contribution in [0.2, 0.25) is 0 Å². The van der Waals surface area contributed by atoms with Gasteiger partial charge in [-0.25, -0.2) is 4.39 Å². The lowest BCUT2D eigenvalue weighted by Crippen LogP contribution is -2.13. The number of carbonyl (C=O) groups excluding carboxylic acids is 1. The van der Waals surface area contributed by atoms with Crippen LogP contribution in [-0.2, 0) is 6.42 Å². The number of aryl methyl sites for hydroxylation is 1. The topological polar surface area (TPSA) is 20.3 Å². The molecular weight excluding hydrogens is 325 g/mol. The van der Waals surface area contributed by atoms with Gasteiger partial charge in [0.1, 0.15) is 5.82 Å². The molecule has 4 heteroatoms. The van der Waals surface area contributed by atoms with Crippen molar-refractivity contribution >= 4 is 24.3 Å². The third-order valence-corrected chi connectivity index (χ3v) is 3.61. The molecule has 0 spiro atoms. The Morgan fingerprint density at radius 2 is 1.67 bits per heavy atom. The molecule has 128 valence electrons. The summed E-state index contributed by atoms with van der Waals surface area (Å²) in [5.74, 6) is -0.326. The second kappa shape index (κ2) is 10.0. The summed E-state index contributed by atoms with van der Waals surface area (Å²) in [5, 5.41) is 0. The Labute approximate surface area is 149 Å². The largest absolute Gasteiger partial charge is 0.309 e. The number of ketones is 1. The van der Waals surface area contributed by atoms with Gasteiger partial charge in [-0.3, -0.25) is 4.79 Å². The van der Waals surface area contributed by atoms with E-state index in [2.05, 4.69) is 19.0 Å². The van der Waals surface area contributed by atoms with Crippen molar-refractivity contribution in [3.05, 3.63) is 77.1 Å². The minimum atomic E-state index is -0.279. The van der Waals surface area contributed by atoms with Gasteiger partial charge in [0, 0.05) is 5.56 Å². The molecule has 0 aliphatic rings. The third-order valence-electron chi connectivity index (χ3n) is 3.61. The van der Waals surface area contributed by atoms with E-state index >= 15 is 0 Å². The maximum absolute atomic E-state index is 12.8. The number of rotatable bonds is 7. The summed E-state index contributed by atoms with van der Waals surface area (Å²) in [6.45, 7) is 1.06. The van der Waals surface area contributed by atoms with E-state index in [1.807, 2.05) is 24.3 Å². The van der Waals surface area contributed by atoms with Gasteiger partial charge in [-0.15, -0.1) is 12.4 Å². The molecule has 0 fully saturated rings. The monoisotopic (exact) mass is 347 g/mol. The Hall–Kier alpha value is -1.97. The Morgan fingerprint density at radius 3 is 2.25 bits per heavy atom. The third kappa shape index (κ3) is 6.65. The van der Waals surface area contributed by atoms with Crippen LogP contribution in [0.5, 0.6) is 0 Å². The van der Waals surface area contributed by atoms with Crippen molar-refractivity contribution in [1.82, 2.24) is 4.90 Å². The summed E-state index contributed by atoms with van der Waals surface area (Å²) in [5.41, 5.74) is 2.71. The predicted molar refractivity (Wildman–Crippen MR) is 100 cm³/mol. The van der Waals surface area contributed by atoms with E-state index in [0.29, 0.717) is 5.56 Å². The zero-order valence-electron chi connectivity index (χ0n) is 14.0. The van der Waals surface area contributed by atoms with Crippen LogP contribution in [0.1, 0.15) is 27.9 Å². The van der Waals surface area contributed by atoms with Gasteiger partial charge in [0.15, 0.2) is 5.78 Å². The number of nitrogens with zero attached hydrogens (tertiary/aromatic N) is 1. The summed E-state index contributed by atoms with van der Waals surface area (Å²) < 4.78 is 12.8. The van der Waals surface area contributed by atoms with Crippen molar-refractivity contribution in [3.63, 3.8) is 0 Å². The molecule has 0 N–H and O–H groups in total. The molecule has 0 amide bonds. The van der Waals surface area contributed by atoms with Gasteiger partial charge < -0.3 is 4.90 Å². The highest BCUT2D eigenvalue weighted by atomic mass is 35.5. The molecule has 0 radical (unpaired) electrons. The molecule has 0 aromatic heterocycles. The predicted octanol–water partition coefficient (Wildman–Crippen LogP) is 4.64. The van der Waals surface area contributed by atoms with Crippen LogP contribution in [0.3, 0.4) is 0 Å². The van der Waals surface area contributed by atoms with Crippen molar-refractivity contribution in [2.45, 2.75) is 12.8 Å². The standard InChI is InChI=1S/C20H22FNO.ClH/c1-22(2)15-3-4-16-5-10-18(11-6-16)20(23)14-9-17-7-12-19(21)13-8-17;/h5-14H,3-4,15H2,1-2H3;1H/b14-9+;. The Morgan fingerprint density at radius 1 is 1.04 bits per heavy atom. The van der Waals surface area contributed by atoms with Gasteiger partial charge in [0.2, 0.25) is 0 Å². The molecule has 0 unspecified atom stereocenters. The van der Waals surface area contributed by atoms with Crippen molar-refractivity contribution in [2.75, 3.05) is 20.6 Å². The van der Waals surface area contributed by atoms with Gasteiger partial charge >= 0.3 is 0 Å². The lowest BCUT2D eigenvalue weighted by molar-refractivity contribution is 0.104. The van der Waals surface area contributed by atoms with E-state index in [0.717, 1.165) is 24.9 Å². The van der Waals surface area contributed by atoms with Gasteiger partial charge in [-0.2, -0.15) is 0 Å². The van der Waals surface area contributed by atoms with Crippen molar-refractivity contribution in [3.8, 4) is 0 Å². The van der Waals surface area contributed by atoms with Crippen LogP contribution in [0.4, 0.5) is 4.39 Å². The van der Waals surface area contributed by atoms with Gasteiger partial charge in [0.25, 0.3) is 0 Å². The summed E-state index contributed by atoms with van der Waals surface area (Å²) in [7, 11) is 4.13. The molecule has 2 rings (SSSR count). The molecule has 0 saturated carbocycles. The molecular formula is C20H23ClFNO. The summed E-state index contributed by atoms with van der Waals surface area (Å²) >= 11 is 0. The minimum absolute atomic E-state index is 0. The quantitative estimate of drug-likeness (QED) is 0.537. The summed E-state index contributed by atoms with van der Waals surface area (Å²) in [6.07, 6.45) is 5.34. The molecule has 0 aliphatic carbocycles. The summed E-state index contributed by atoms with van der Waals surface area (Å²) in [4.78, 5) is 14.3. The minimum Gasteiger partial charge on any atom is -0.309 e. The van der Waals surface area contributed by atoms with Crippen LogP contribution in [0.25, 0.3) is 6.08 Å². The van der Waals surface area contributed by atoms with Crippen molar-refractivity contribution in [2.24, 2.45) is 0 Å². The molecule has 0 atom stereocenters. The smallest absolute Gasteiger partial charge is 0.185 e. The maximum atomic E-state index is 12.8. The SMILES string of the molecule is CN(C)CCCc1ccc(C(=O)/C=C/c2ccc(F)cc2)cc1.Cl. The fraction of sp³-hybridized carbons (Fsp3) is 0.250.